The number of aliphatic carboxylic acids is 1. The molecule has 1 aromatic rings. The second-order valence-electron chi connectivity index (χ2n) is 2.76. The van der Waals surface area contributed by atoms with Crippen LogP contribution < -0.4 is 0 Å². The Bertz CT molecular complexity index is 297. The maximum atomic E-state index is 10.3. The van der Waals surface area contributed by atoms with E-state index in [0.29, 0.717) is 6.54 Å². The van der Waals surface area contributed by atoms with Gasteiger partial charge in [0, 0.05) is 0 Å². The van der Waals surface area contributed by atoms with Crippen LogP contribution in [-0.4, -0.2) is 29.6 Å². The molecule has 0 aliphatic rings. The molecule has 1 aromatic heterocycles. The highest BCUT2D eigenvalue weighted by molar-refractivity contribution is 9.10. The molecule has 0 aliphatic carbocycles. The van der Waals surface area contributed by atoms with Gasteiger partial charge in [-0.15, -0.1) is 0 Å². The van der Waals surface area contributed by atoms with Crippen LogP contribution in [0.25, 0.3) is 0 Å². The fraction of sp³-hybridized carbons (Fsp3) is 0.375. The predicted molar refractivity (Wildman–Crippen MR) is 50.4 cm³/mol. The molecule has 0 radical (unpaired) electrons. The van der Waals surface area contributed by atoms with Crippen LogP contribution in [0.4, 0.5) is 0 Å². The lowest BCUT2D eigenvalue weighted by Crippen LogP contribution is -2.24. The van der Waals surface area contributed by atoms with Crippen molar-refractivity contribution >= 4 is 21.9 Å². The summed E-state index contributed by atoms with van der Waals surface area (Å²) in [5, 5.41) is 8.50. The quantitative estimate of drug-likeness (QED) is 0.878. The summed E-state index contributed by atoms with van der Waals surface area (Å²) in [5.41, 5.74) is 0. The van der Waals surface area contributed by atoms with Crippen molar-refractivity contribution in [2.24, 2.45) is 0 Å². The van der Waals surface area contributed by atoms with Crippen molar-refractivity contribution in [1.82, 2.24) is 4.90 Å². The number of furan rings is 1. The SMILES string of the molecule is CN(CC(=O)O)Cc1occc1Br. The van der Waals surface area contributed by atoms with Crippen LogP contribution in [0, 0.1) is 0 Å². The van der Waals surface area contributed by atoms with Crippen molar-refractivity contribution in [3.63, 3.8) is 0 Å². The standard InChI is InChI=1S/C8H10BrNO3/c1-10(5-8(11)12)4-7-6(9)2-3-13-7/h2-3H,4-5H2,1H3,(H,11,12). The Balaban J connectivity index is 2.49. The van der Waals surface area contributed by atoms with Crippen molar-refractivity contribution in [1.29, 1.82) is 0 Å². The summed E-state index contributed by atoms with van der Waals surface area (Å²) in [6.07, 6.45) is 1.56. The first-order valence-corrected chi connectivity index (χ1v) is 4.51. The van der Waals surface area contributed by atoms with Gasteiger partial charge in [0.05, 0.1) is 23.8 Å². The maximum absolute atomic E-state index is 10.3. The van der Waals surface area contributed by atoms with Gasteiger partial charge in [-0.2, -0.15) is 0 Å². The summed E-state index contributed by atoms with van der Waals surface area (Å²) in [5.74, 6) is -0.103. The second-order valence-corrected chi connectivity index (χ2v) is 3.61. The third-order valence-electron chi connectivity index (χ3n) is 1.51. The van der Waals surface area contributed by atoms with Crippen molar-refractivity contribution < 1.29 is 14.3 Å². The molecule has 0 fully saturated rings. The van der Waals surface area contributed by atoms with E-state index >= 15 is 0 Å². The van der Waals surface area contributed by atoms with E-state index in [1.54, 1.807) is 24.3 Å². The minimum absolute atomic E-state index is 0.00708. The summed E-state index contributed by atoms with van der Waals surface area (Å²) in [4.78, 5) is 12.0. The molecule has 4 nitrogen and oxygen atoms in total. The molecule has 0 saturated carbocycles. The molecule has 0 aromatic carbocycles. The van der Waals surface area contributed by atoms with Crippen molar-refractivity contribution in [2.45, 2.75) is 6.54 Å². The van der Waals surface area contributed by atoms with Crippen molar-refractivity contribution in [2.75, 3.05) is 13.6 Å². The van der Waals surface area contributed by atoms with E-state index in [4.69, 9.17) is 9.52 Å². The number of carboxylic acids is 1. The van der Waals surface area contributed by atoms with E-state index in [9.17, 15) is 4.79 Å². The van der Waals surface area contributed by atoms with Crippen LogP contribution >= 0.6 is 15.9 Å². The van der Waals surface area contributed by atoms with Gasteiger partial charge in [-0.1, -0.05) is 0 Å². The summed E-state index contributed by atoms with van der Waals surface area (Å²) in [6, 6.07) is 1.78. The molecular weight excluding hydrogens is 238 g/mol. The van der Waals surface area contributed by atoms with E-state index in [1.165, 1.54) is 0 Å². The van der Waals surface area contributed by atoms with E-state index in [0.717, 1.165) is 10.2 Å². The van der Waals surface area contributed by atoms with Crippen LogP contribution in [0.5, 0.6) is 0 Å². The number of likely N-dealkylation sites (N-methyl/N-ethyl adjacent to an activating group) is 1. The first kappa shape index (κ1) is 10.3. The van der Waals surface area contributed by atoms with E-state index in [2.05, 4.69) is 15.9 Å². The first-order chi connectivity index (χ1) is 6.09. The van der Waals surface area contributed by atoms with Crippen LogP contribution in [-0.2, 0) is 11.3 Å². The molecule has 0 bridgehead atoms. The highest BCUT2D eigenvalue weighted by Crippen LogP contribution is 2.18. The highest BCUT2D eigenvalue weighted by Gasteiger charge is 2.09. The average molecular weight is 248 g/mol. The van der Waals surface area contributed by atoms with E-state index < -0.39 is 5.97 Å². The molecule has 13 heavy (non-hydrogen) atoms. The maximum Gasteiger partial charge on any atom is 0.317 e. The largest absolute Gasteiger partial charge is 0.480 e. The Labute approximate surface area is 84.3 Å². The van der Waals surface area contributed by atoms with Crippen molar-refractivity contribution in [3.8, 4) is 0 Å². The second kappa shape index (κ2) is 4.43. The molecule has 0 saturated heterocycles. The van der Waals surface area contributed by atoms with Gasteiger partial charge in [-0.05, 0) is 29.0 Å². The molecule has 1 N–H and O–H groups in total. The van der Waals surface area contributed by atoms with Gasteiger partial charge in [0.25, 0.3) is 0 Å². The van der Waals surface area contributed by atoms with E-state index in [-0.39, 0.29) is 6.54 Å². The lowest BCUT2D eigenvalue weighted by Gasteiger charge is -2.11. The van der Waals surface area contributed by atoms with Gasteiger partial charge in [-0.3, -0.25) is 9.69 Å². The number of hydrogen-bond donors (Lipinski definition) is 1. The lowest BCUT2D eigenvalue weighted by atomic mass is 10.4. The Hall–Kier alpha value is -0.810. The topological polar surface area (TPSA) is 53.7 Å². The van der Waals surface area contributed by atoms with Crippen LogP contribution in [0.2, 0.25) is 0 Å². The summed E-state index contributed by atoms with van der Waals surface area (Å²) in [7, 11) is 1.73. The van der Waals surface area contributed by atoms with Crippen LogP contribution in [0.15, 0.2) is 21.2 Å². The van der Waals surface area contributed by atoms with Gasteiger partial charge in [-0.25, -0.2) is 0 Å². The third kappa shape index (κ3) is 3.20. The Kier molecular flexibility index (Phi) is 3.50. The minimum atomic E-state index is -0.842. The van der Waals surface area contributed by atoms with Crippen molar-refractivity contribution in [3.05, 3.63) is 22.6 Å². The Morgan fingerprint density at radius 2 is 2.46 bits per heavy atom. The minimum Gasteiger partial charge on any atom is -0.480 e. The summed E-state index contributed by atoms with van der Waals surface area (Å²) in [6.45, 7) is 0.493. The summed E-state index contributed by atoms with van der Waals surface area (Å²) >= 11 is 3.29. The van der Waals surface area contributed by atoms with Gasteiger partial charge in [0.2, 0.25) is 0 Å². The molecule has 0 unspecified atom stereocenters. The molecule has 0 aliphatic heterocycles. The molecule has 72 valence electrons. The number of carboxylic acid groups (broad SMARTS) is 1. The fourth-order valence-electron chi connectivity index (χ4n) is 0.970. The first-order valence-electron chi connectivity index (χ1n) is 3.72. The molecular formula is C8H10BrNO3. The molecule has 1 heterocycles. The highest BCUT2D eigenvalue weighted by atomic mass is 79.9. The monoisotopic (exact) mass is 247 g/mol. The number of carbonyl (C=O) groups is 1. The number of rotatable bonds is 4. The zero-order chi connectivity index (χ0) is 9.84. The number of hydrogen-bond acceptors (Lipinski definition) is 3. The predicted octanol–water partition coefficient (Wildman–Crippen LogP) is 1.56. The third-order valence-corrected chi connectivity index (χ3v) is 2.22. The van der Waals surface area contributed by atoms with Gasteiger partial charge >= 0.3 is 5.97 Å². The number of nitrogens with zero attached hydrogens (tertiary/aromatic N) is 1. The van der Waals surface area contributed by atoms with Crippen LogP contribution in [0.3, 0.4) is 0 Å². The molecule has 0 atom stereocenters. The van der Waals surface area contributed by atoms with Gasteiger partial charge in [0.15, 0.2) is 0 Å². The van der Waals surface area contributed by atoms with E-state index in [1.807, 2.05) is 0 Å². The van der Waals surface area contributed by atoms with Crippen LogP contribution in [0.1, 0.15) is 5.76 Å². The Morgan fingerprint density at radius 3 is 2.92 bits per heavy atom. The smallest absolute Gasteiger partial charge is 0.317 e. The zero-order valence-electron chi connectivity index (χ0n) is 7.16. The zero-order valence-corrected chi connectivity index (χ0v) is 8.74. The van der Waals surface area contributed by atoms with Gasteiger partial charge in [0.1, 0.15) is 5.76 Å². The van der Waals surface area contributed by atoms with Gasteiger partial charge < -0.3 is 9.52 Å². The lowest BCUT2D eigenvalue weighted by molar-refractivity contribution is -0.138. The summed E-state index contributed by atoms with van der Waals surface area (Å²) < 4.78 is 6.00. The Morgan fingerprint density at radius 1 is 1.77 bits per heavy atom. The normalized spacial score (nSPS) is 10.7. The average Bonchev–Trinajstić information content (AvgIpc) is 2.34. The molecule has 0 amide bonds. The molecule has 1 rings (SSSR count). The number of halogens is 1. The molecule has 5 heteroatoms. The molecule has 0 spiro atoms. The fourth-order valence-corrected chi connectivity index (χ4v) is 1.30.